The maximum Gasteiger partial charge on any atom is 0.264 e. The summed E-state index contributed by atoms with van der Waals surface area (Å²) < 4.78 is 28.5. The zero-order valence-electron chi connectivity index (χ0n) is 21.7. The molecule has 1 N–H and O–H groups in total. The van der Waals surface area contributed by atoms with Gasteiger partial charge in [0, 0.05) is 18.1 Å². The van der Waals surface area contributed by atoms with Crippen LogP contribution in [-0.2, 0) is 26.2 Å². The van der Waals surface area contributed by atoms with Crippen molar-refractivity contribution in [3.63, 3.8) is 0 Å². The number of hydrogen-bond donors (Lipinski definition) is 1. The van der Waals surface area contributed by atoms with E-state index in [-0.39, 0.29) is 23.0 Å². The van der Waals surface area contributed by atoms with Crippen LogP contribution in [0.1, 0.15) is 38.7 Å². The van der Waals surface area contributed by atoms with Gasteiger partial charge >= 0.3 is 0 Å². The molecule has 0 fully saturated rings. The van der Waals surface area contributed by atoms with Crippen LogP contribution in [0.25, 0.3) is 0 Å². The Morgan fingerprint density at radius 1 is 0.921 bits per heavy atom. The molecular weight excluding hydrogens is 522 g/mol. The van der Waals surface area contributed by atoms with E-state index in [0.29, 0.717) is 18.0 Å². The average Bonchev–Trinajstić information content (AvgIpc) is 2.92. The van der Waals surface area contributed by atoms with E-state index in [1.165, 1.54) is 23.1 Å². The Balaban J connectivity index is 2.01. The van der Waals surface area contributed by atoms with E-state index in [0.717, 1.165) is 22.7 Å². The maximum absolute atomic E-state index is 13.9. The number of amides is 2. The fourth-order valence-corrected chi connectivity index (χ4v) is 5.70. The fraction of sp³-hybridized carbons (Fsp3) is 0.310. The summed E-state index contributed by atoms with van der Waals surface area (Å²) in [5.41, 5.74) is 1.09. The third kappa shape index (κ3) is 7.58. The standard InChI is InChI=1S/C29H34ClN3O4S/c1-3-5-19-31-29(35)27(4-2)32(21-23-13-8-6-9-14-23)28(34)22-33(25-16-12-15-24(30)20-25)38(36,37)26-17-10-7-11-18-26/h6-18,20,27H,3-5,19,21-22H2,1-2H3,(H,31,35)/t27-/m0/s1. The van der Waals surface area contributed by atoms with Gasteiger partial charge in [-0.1, -0.05) is 86.5 Å². The topological polar surface area (TPSA) is 86.8 Å². The molecule has 0 spiro atoms. The van der Waals surface area contributed by atoms with Crippen LogP contribution < -0.4 is 9.62 Å². The van der Waals surface area contributed by atoms with Crippen molar-refractivity contribution in [1.29, 1.82) is 0 Å². The number of rotatable bonds is 13. The lowest BCUT2D eigenvalue weighted by Gasteiger charge is -2.33. The summed E-state index contributed by atoms with van der Waals surface area (Å²) in [4.78, 5) is 28.6. The molecule has 0 aliphatic rings. The van der Waals surface area contributed by atoms with Gasteiger partial charge in [0.1, 0.15) is 12.6 Å². The lowest BCUT2D eigenvalue weighted by Crippen LogP contribution is -2.52. The first-order valence-corrected chi connectivity index (χ1v) is 14.5. The van der Waals surface area contributed by atoms with Crippen LogP contribution in [-0.4, -0.2) is 44.3 Å². The number of carbonyl (C=O) groups is 2. The van der Waals surface area contributed by atoms with Crippen LogP contribution in [0.2, 0.25) is 5.02 Å². The monoisotopic (exact) mass is 555 g/mol. The van der Waals surface area contributed by atoms with Gasteiger partial charge in [-0.3, -0.25) is 13.9 Å². The van der Waals surface area contributed by atoms with Crippen molar-refractivity contribution in [3.8, 4) is 0 Å². The SMILES string of the molecule is CCCCNC(=O)[C@H](CC)N(Cc1ccccc1)C(=O)CN(c1cccc(Cl)c1)S(=O)(=O)c1ccccc1. The molecule has 3 aromatic carbocycles. The first kappa shape index (κ1) is 29.2. The van der Waals surface area contributed by atoms with Crippen LogP contribution in [0.15, 0.2) is 89.8 Å². The van der Waals surface area contributed by atoms with Gasteiger partial charge in [0.05, 0.1) is 10.6 Å². The van der Waals surface area contributed by atoms with Gasteiger partial charge in [0.15, 0.2) is 0 Å². The summed E-state index contributed by atoms with van der Waals surface area (Å²) in [7, 11) is -4.12. The van der Waals surface area contributed by atoms with E-state index in [2.05, 4.69) is 5.32 Å². The largest absolute Gasteiger partial charge is 0.354 e. The molecule has 0 saturated heterocycles. The molecule has 2 amide bonds. The van der Waals surface area contributed by atoms with Crippen molar-refractivity contribution in [1.82, 2.24) is 10.2 Å². The molecule has 0 radical (unpaired) electrons. The van der Waals surface area contributed by atoms with Crippen LogP contribution >= 0.6 is 11.6 Å². The number of unbranched alkanes of at least 4 members (excludes halogenated alkanes) is 1. The normalized spacial score (nSPS) is 12.0. The Morgan fingerprint density at radius 2 is 1.58 bits per heavy atom. The molecule has 0 heterocycles. The molecule has 9 heteroatoms. The minimum Gasteiger partial charge on any atom is -0.354 e. The van der Waals surface area contributed by atoms with E-state index in [1.807, 2.05) is 44.2 Å². The minimum atomic E-state index is -4.12. The Labute approximate surface area is 230 Å². The third-order valence-electron chi connectivity index (χ3n) is 6.12. The van der Waals surface area contributed by atoms with Crippen molar-refractivity contribution in [2.75, 3.05) is 17.4 Å². The Hall–Kier alpha value is -3.36. The molecule has 1 atom stereocenters. The molecular formula is C29H34ClN3O4S. The van der Waals surface area contributed by atoms with Crippen LogP contribution in [0.4, 0.5) is 5.69 Å². The van der Waals surface area contributed by atoms with Crippen molar-refractivity contribution in [2.45, 2.75) is 50.6 Å². The van der Waals surface area contributed by atoms with Gasteiger partial charge in [-0.15, -0.1) is 0 Å². The van der Waals surface area contributed by atoms with E-state index in [1.54, 1.807) is 36.4 Å². The summed E-state index contributed by atoms with van der Waals surface area (Å²) in [6.45, 7) is 4.05. The highest BCUT2D eigenvalue weighted by atomic mass is 35.5. The number of sulfonamides is 1. The summed E-state index contributed by atoms with van der Waals surface area (Å²) in [5.74, 6) is -0.753. The molecule has 0 aromatic heterocycles. The number of anilines is 1. The highest BCUT2D eigenvalue weighted by Gasteiger charge is 2.33. The minimum absolute atomic E-state index is 0.0479. The number of hydrogen-bond acceptors (Lipinski definition) is 4. The highest BCUT2D eigenvalue weighted by molar-refractivity contribution is 7.92. The van der Waals surface area contributed by atoms with Crippen molar-refractivity contribution >= 4 is 39.1 Å². The van der Waals surface area contributed by atoms with Gasteiger partial charge in [-0.25, -0.2) is 8.42 Å². The van der Waals surface area contributed by atoms with E-state index >= 15 is 0 Å². The number of halogens is 1. The van der Waals surface area contributed by atoms with Crippen LogP contribution in [0, 0.1) is 0 Å². The predicted octanol–water partition coefficient (Wildman–Crippen LogP) is 5.26. The maximum atomic E-state index is 13.9. The van der Waals surface area contributed by atoms with Gasteiger partial charge in [0.25, 0.3) is 10.0 Å². The van der Waals surface area contributed by atoms with Gasteiger partial charge in [0.2, 0.25) is 11.8 Å². The molecule has 0 unspecified atom stereocenters. The zero-order valence-corrected chi connectivity index (χ0v) is 23.3. The predicted molar refractivity (Wildman–Crippen MR) is 151 cm³/mol. The first-order chi connectivity index (χ1) is 18.3. The summed E-state index contributed by atoms with van der Waals surface area (Å²) in [6, 6.07) is 22.9. The molecule has 202 valence electrons. The second-order valence-electron chi connectivity index (χ2n) is 8.88. The molecule has 0 aliphatic heterocycles. The Morgan fingerprint density at radius 3 is 2.18 bits per heavy atom. The van der Waals surface area contributed by atoms with E-state index in [9.17, 15) is 18.0 Å². The first-order valence-electron chi connectivity index (χ1n) is 12.7. The molecule has 0 aliphatic carbocycles. The summed E-state index contributed by atoms with van der Waals surface area (Å²) in [6.07, 6.45) is 2.13. The Kier molecular flexibility index (Phi) is 10.7. The summed E-state index contributed by atoms with van der Waals surface area (Å²) >= 11 is 6.20. The second kappa shape index (κ2) is 14.0. The van der Waals surface area contributed by atoms with Crippen molar-refractivity contribution in [3.05, 3.63) is 95.5 Å². The van der Waals surface area contributed by atoms with E-state index in [4.69, 9.17) is 11.6 Å². The van der Waals surface area contributed by atoms with Gasteiger partial charge in [-0.05, 0) is 48.7 Å². The fourth-order valence-electron chi connectivity index (χ4n) is 4.09. The van der Waals surface area contributed by atoms with Gasteiger partial charge < -0.3 is 10.2 Å². The molecule has 0 saturated carbocycles. The number of nitrogens with zero attached hydrogens (tertiary/aromatic N) is 2. The third-order valence-corrected chi connectivity index (χ3v) is 8.14. The average molecular weight is 556 g/mol. The van der Waals surface area contributed by atoms with Crippen LogP contribution in [0.3, 0.4) is 0 Å². The number of benzene rings is 3. The lowest BCUT2D eigenvalue weighted by molar-refractivity contribution is -0.140. The molecule has 0 bridgehead atoms. The molecule has 7 nitrogen and oxygen atoms in total. The van der Waals surface area contributed by atoms with Crippen molar-refractivity contribution in [2.24, 2.45) is 0 Å². The second-order valence-corrected chi connectivity index (χ2v) is 11.2. The smallest absolute Gasteiger partial charge is 0.264 e. The quantitative estimate of drug-likeness (QED) is 0.291. The summed E-state index contributed by atoms with van der Waals surface area (Å²) in [5, 5.41) is 3.26. The van der Waals surface area contributed by atoms with Crippen LogP contribution in [0.5, 0.6) is 0 Å². The molecule has 38 heavy (non-hydrogen) atoms. The Bertz CT molecular complexity index is 1300. The molecule has 3 rings (SSSR count). The van der Waals surface area contributed by atoms with Gasteiger partial charge in [-0.2, -0.15) is 0 Å². The highest BCUT2D eigenvalue weighted by Crippen LogP contribution is 2.27. The number of carbonyl (C=O) groups excluding carboxylic acids is 2. The van der Waals surface area contributed by atoms with E-state index < -0.39 is 28.5 Å². The molecule has 3 aromatic rings. The number of nitrogens with one attached hydrogen (secondary N) is 1. The van der Waals surface area contributed by atoms with Crippen molar-refractivity contribution < 1.29 is 18.0 Å². The zero-order chi connectivity index (χ0) is 27.5. The lowest BCUT2D eigenvalue weighted by atomic mass is 10.1.